The number of nitrogens with zero attached hydrogens (tertiary/aromatic N) is 4. The molecule has 0 saturated heterocycles. The predicted molar refractivity (Wildman–Crippen MR) is 376 cm³/mol. The van der Waals surface area contributed by atoms with E-state index in [4.69, 9.17) is 15.8 Å². The Bertz CT molecular complexity index is 4190. The maximum absolute atomic E-state index is 13.4. The number of hydrogen-bond donors (Lipinski definition) is 0. The van der Waals surface area contributed by atoms with E-state index >= 15 is 0 Å². The first-order chi connectivity index (χ1) is 50.7. The highest BCUT2D eigenvalue weighted by atomic mass is 19.4. The SMILES string of the molecule is C.CC(C)c1cc(C(F)(F)F)cc(C(C)(C)C#N)c1.CC(C)c1cc(C(F)(F)F)cc(C2(C#N)CC2)c1.CC(C)c1cc(C(F)(F)F)cc(C2(C(F)(F)F)CC2(F)F)c1.CC(C)c1cc(C(F)(F)F)cc(C2(C(F)(F)F)CC2)c1.CC(C)c1cc(C(F)(F)F)nc(C2(C#N)CC2)c1.CC(C)c1cc(C2CC2)cc(C(F)(F)F)c1. The van der Waals surface area contributed by atoms with Crippen LogP contribution in [0, 0.1) is 34.0 Å². The molecule has 1 unspecified atom stereocenters. The van der Waals surface area contributed by atoms with E-state index < -0.39 is 134 Å². The minimum Gasteiger partial charge on any atom is -0.247 e. The number of hydrogen-bond acceptors (Lipinski definition) is 4. The molecule has 622 valence electrons. The van der Waals surface area contributed by atoms with Gasteiger partial charge in [-0.25, -0.2) is 13.8 Å². The van der Waals surface area contributed by atoms with Crippen molar-refractivity contribution in [1.82, 2.24) is 4.98 Å². The van der Waals surface area contributed by atoms with Crippen molar-refractivity contribution >= 4 is 0 Å². The Kier molecular flexibility index (Phi) is 28.4. The molecule has 5 aliphatic rings. The molecule has 0 spiro atoms. The zero-order chi connectivity index (χ0) is 85.6. The van der Waals surface area contributed by atoms with Crippen LogP contribution >= 0.6 is 0 Å². The van der Waals surface area contributed by atoms with E-state index in [1.807, 2.05) is 67.5 Å². The summed E-state index contributed by atoms with van der Waals surface area (Å²) in [5, 5.41) is 27.2. The average Bonchev–Trinajstić information content (AvgIpc) is 1.51. The summed E-state index contributed by atoms with van der Waals surface area (Å²) < 4.78 is 336. The lowest BCUT2D eigenvalue weighted by Crippen LogP contribution is -2.35. The number of rotatable bonds is 12. The van der Waals surface area contributed by atoms with Crippen LogP contribution in [-0.4, -0.2) is 23.3 Å². The van der Waals surface area contributed by atoms with Gasteiger partial charge in [0.2, 0.25) is 0 Å². The number of halogens is 26. The average molecular weight is 1640 g/mol. The first-order valence-electron chi connectivity index (χ1n) is 35.7. The first kappa shape index (κ1) is 95.5. The van der Waals surface area contributed by atoms with Crippen molar-refractivity contribution in [2.75, 3.05) is 0 Å². The van der Waals surface area contributed by atoms with Gasteiger partial charge in [0.25, 0.3) is 5.92 Å². The van der Waals surface area contributed by atoms with Gasteiger partial charge in [-0.2, -0.15) is 121 Å². The highest BCUT2D eigenvalue weighted by Gasteiger charge is 2.84. The number of alkyl halides is 26. The van der Waals surface area contributed by atoms with Crippen molar-refractivity contribution in [1.29, 1.82) is 15.8 Å². The molecule has 0 N–H and O–H groups in total. The minimum atomic E-state index is -5.32. The number of nitriles is 3. The van der Waals surface area contributed by atoms with Crippen molar-refractivity contribution in [3.63, 3.8) is 0 Å². The molecule has 5 saturated carbocycles. The molecule has 5 aliphatic carbocycles. The molecule has 4 nitrogen and oxygen atoms in total. The van der Waals surface area contributed by atoms with Crippen molar-refractivity contribution < 1.29 is 114 Å². The van der Waals surface area contributed by atoms with Crippen molar-refractivity contribution in [3.8, 4) is 18.2 Å². The van der Waals surface area contributed by atoms with Crippen molar-refractivity contribution in [2.45, 2.75) is 286 Å². The number of benzene rings is 5. The van der Waals surface area contributed by atoms with E-state index in [1.165, 1.54) is 38.1 Å². The molecular weight excluding hydrogens is 1550 g/mol. The van der Waals surface area contributed by atoms with Crippen LogP contribution in [0.5, 0.6) is 0 Å². The fraction of sp³-hybridized carbons (Fsp3) is 0.542. The van der Waals surface area contributed by atoms with Crippen LogP contribution in [0.2, 0.25) is 0 Å². The molecule has 5 fully saturated rings. The Morgan fingerprint density at radius 2 is 0.664 bits per heavy atom. The molecule has 113 heavy (non-hydrogen) atoms. The van der Waals surface area contributed by atoms with E-state index in [0.29, 0.717) is 71.6 Å². The highest BCUT2D eigenvalue weighted by Crippen LogP contribution is 2.69. The Morgan fingerprint density at radius 3 is 0.965 bits per heavy atom. The smallest absolute Gasteiger partial charge is 0.247 e. The number of pyridine rings is 1. The molecule has 0 amide bonds. The monoisotopic (exact) mass is 1630 g/mol. The lowest BCUT2D eigenvalue weighted by molar-refractivity contribution is -0.182. The summed E-state index contributed by atoms with van der Waals surface area (Å²) in [7, 11) is 0. The standard InChI is InChI=1S/C14H12F8.C14H14F6.C14H14F3N.C14H16F3N.C13H13F3N2.C13H15F3.CH4/c1-7(2)8-3-9(5-10(4-8)13(17,18)19)11(14(20,21)22)6-12(11,15)16;1-8(2)9-5-10(7-11(6-9)13(15,16)17)12(3-4-12)14(18,19)20;1-9(2)10-5-11(13(8-18)3-4-13)7-12(6-10)14(15,16)17;1-9(2)10-5-11(13(3,4)8-18)7-12(6-10)14(15,16)17;1-8(2)9-5-10(12(7-17)3-4-12)18-11(6-9)13(14,15)16;1-8(2)10-5-11(9-3-4-9)7-12(6-10)13(14,15)16;/h3-5,7H,6H2,1-2H3;5-8H,3-4H2,1-2H3;5-7,9H,3-4H2,1-2H3;5-7,9H,1-4H3;5-6,8H,3-4H2,1-2H3;5-9H,3-4H2,1-2H3;1H4. The van der Waals surface area contributed by atoms with Gasteiger partial charge in [-0.3, -0.25) is 0 Å². The maximum Gasteiger partial charge on any atom is 0.433 e. The third kappa shape index (κ3) is 23.1. The van der Waals surface area contributed by atoms with Gasteiger partial charge in [0, 0.05) is 6.42 Å². The van der Waals surface area contributed by atoms with Crippen LogP contribution in [-0.2, 0) is 64.1 Å². The first-order valence-corrected chi connectivity index (χ1v) is 35.7. The van der Waals surface area contributed by atoms with Gasteiger partial charge in [0.05, 0.1) is 73.4 Å². The Balaban J connectivity index is 0.000000242. The summed E-state index contributed by atoms with van der Waals surface area (Å²) in [5.74, 6) is -4.41. The molecule has 0 radical (unpaired) electrons. The summed E-state index contributed by atoms with van der Waals surface area (Å²) in [6.45, 7) is 24.4. The van der Waals surface area contributed by atoms with E-state index in [0.717, 1.165) is 60.4 Å². The van der Waals surface area contributed by atoms with Crippen molar-refractivity contribution in [3.05, 3.63) is 204 Å². The molecule has 5 aromatic carbocycles. The Hall–Kier alpha value is -8.10. The van der Waals surface area contributed by atoms with E-state index in [2.05, 4.69) is 17.1 Å². The van der Waals surface area contributed by atoms with Gasteiger partial charge in [0.1, 0.15) is 5.69 Å². The summed E-state index contributed by atoms with van der Waals surface area (Å²) in [4.78, 5) is 3.64. The number of aromatic nitrogens is 1. The third-order valence-electron chi connectivity index (χ3n) is 20.4. The van der Waals surface area contributed by atoms with Gasteiger partial charge in [0.15, 0.2) is 5.41 Å². The largest absolute Gasteiger partial charge is 0.433 e. The van der Waals surface area contributed by atoms with Crippen molar-refractivity contribution in [2.24, 2.45) is 0 Å². The van der Waals surface area contributed by atoms with E-state index in [9.17, 15) is 114 Å². The summed E-state index contributed by atoms with van der Waals surface area (Å²) in [6.07, 6.45) is -34.1. The van der Waals surface area contributed by atoms with E-state index in [1.54, 1.807) is 45.9 Å². The molecule has 1 aromatic heterocycles. The normalized spacial score (nSPS) is 18.1. The quantitative estimate of drug-likeness (QED) is 0.114. The fourth-order valence-corrected chi connectivity index (χ4v) is 12.0. The second-order valence-electron chi connectivity index (χ2n) is 31.6. The third-order valence-corrected chi connectivity index (χ3v) is 20.4. The van der Waals surface area contributed by atoms with Crippen LogP contribution in [0.1, 0.15) is 304 Å². The lowest BCUT2D eigenvalue weighted by Gasteiger charge is -2.23. The molecule has 6 aromatic rings. The minimum absolute atomic E-state index is 0. The summed E-state index contributed by atoms with van der Waals surface area (Å²) in [5.41, 5.74) is -9.49. The van der Waals surface area contributed by atoms with Gasteiger partial charge in [-0.1, -0.05) is 121 Å². The molecule has 1 atom stereocenters. The van der Waals surface area contributed by atoms with Crippen LogP contribution in [0.4, 0.5) is 114 Å². The summed E-state index contributed by atoms with van der Waals surface area (Å²) >= 11 is 0. The molecular formula is C83H88F26N4. The molecule has 0 aliphatic heterocycles. The zero-order valence-electron chi connectivity index (χ0n) is 63.3. The van der Waals surface area contributed by atoms with E-state index in [-0.39, 0.29) is 78.3 Å². The fourth-order valence-electron chi connectivity index (χ4n) is 12.0. The van der Waals surface area contributed by atoms with Crippen LogP contribution in [0.25, 0.3) is 0 Å². The second kappa shape index (κ2) is 33.6. The van der Waals surface area contributed by atoms with Crippen LogP contribution in [0.15, 0.2) is 103 Å². The zero-order valence-corrected chi connectivity index (χ0v) is 63.3. The highest BCUT2D eigenvalue weighted by molar-refractivity contribution is 5.49. The van der Waals surface area contributed by atoms with Gasteiger partial charge in [-0.05, 0) is 241 Å². The second-order valence-corrected chi connectivity index (χ2v) is 31.6. The topological polar surface area (TPSA) is 84.3 Å². The summed E-state index contributed by atoms with van der Waals surface area (Å²) in [6, 6.07) is 26.0. The molecule has 30 heteroatoms. The Labute approximate surface area is 640 Å². The predicted octanol–water partition coefficient (Wildman–Crippen LogP) is 29.2. The molecule has 1 heterocycles. The van der Waals surface area contributed by atoms with Gasteiger partial charge in [-0.15, -0.1) is 0 Å². The molecule has 11 rings (SSSR count). The van der Waals surface area contributed by atoms with Gasteiger partial charge >= 0.3 is 49.4 Å². The van der Waals surface area contributed by atoms with Crippen LogP contribution in [0.3, 0.4) is 0 Å². The Morgan fingerprint density at radius 1 is 0.354 bits per heavy atom. The molecule has 0 bridgehead atoms. The van der Waals surface area contributed by atoms with Gasteiger partial charge < -0.3 is 0 Å². The van der Waals surface area contributed by atoms with Crippen LogP contribution < -0.4 is 0 Å². The maximum atomic E-state index is 13.4. The lowest BCUT2D eigenvalue weighted by atomic mass is 9.83.